The fourth-order valence-corrected chi connectivity index (χ4v) is 2.11. The molecule has 106 valence electrons. The lowest BCUT2D eigenvalue weighted by Gasteiger charge is -2.13. The third-order valence-electron chi connectivity index (χ3n) is 3.22. The highest BCUT2D eigenvalue weighted by Crippen LogP contribution is 2.13. The summed E-state index contributed by atoms with van der Waals surface area (Å²) in [4.78, 5) is 8.47. The molecule has 2 aromatic rings. The first-order valence-corrected chi connectivity index (χ1v) is 7.15. The zero-order valence-corrected chi connectivity index (χ0v) is 11.9. The minimum absolute atomic E-state index is 0.0562. The quantitative estimate of drug-likeness (QED) is 0.812. The van der Waals surface area contributed by atoms with Gasteiger partial charge in [0.2, 0.25) is 0 Å². The van der Waals surface area contributed by atoms with Gasteiger partial charge in [-0.1, -0.05) is 43.7 Å². The van der Waals surface area contributed by atoms with Gasteiger partial charge in [0.05, 0.1) is 0 Å². The standard InChI is InChI=1S/C16H22N4/c1-2-6-14-11-16(20-12-19-14)18-10-9-15(17)13-7-4-3-5-8-13/h3-5,7-8,11-12,15H,2,6,9-10,17H2,1H3,(H,18,19,20). The molecule has 0 fully saturated rings. The van der Waals surface area contributed by atoms with Crippen molar-refractivity contribution in [3.63, 3.8) is 0 Å². The van der Waals surface area contributed by atoms with Crippen LogP contribution in [0.2, 0.25) is 0 Å². The summed E-state index contributed by atoms with van der Waals surface area (Å²) in [5.74, 6) is 0.878. The largest absolute Gasteiger partial charge is 0.370 e. The Kier molecular flexibility index (Phi) is 5.50. The second-order valence-electron chi connectivity index (χ2n) is 4.88. The molecule has 4 heteroatoms. The molecule has 1 atom stereocenters. The number of benzene rings is 1. The van der Waals surface area contributed by atoms with Crippen LogP contribution in [0.25, 0.3) is 0 Å². The molecule has 0 aliphatic rings. The van der Waals surface area contributed by atoms with Gasteiger partial charge in [-0.05, 0) is 18.4 Å². The van der Waals surface area contributed by atoms with E-state index in [1.54, 1.807) is 6.33 Å². The summed E-state index contributed by atoms with van der Waals surface area (Å²) in [6.45, 7) is 2.95. The number of aromatic nitrogens is 2. The van der Waals surface area contributed by atoms with Crippen LogP contribution in [0.1, 0.15) is 37.1 Å². The lowest BCUT2D eigenvalue weighted by atomic mass is 10.1. The predicted molar refractivity (Wildman–Crippen MR) is 82.5 cm³/mol. The van der Waals surface area contributed by atoms with Gasteiger partial charge < -0.3 is 11.1 Å². The average Bonchev–Trinajstić information content (AvgIpc) is 2.49. The van der Waals surface area contributed by atoms with Crippen LogP contribution in [0.15, 0.2) is 42.7 Å². The first kappa shape index (κ1) is 14.5. The summed E-state index contributed by atoms with van der Waals surface area (Å²) in [6.07, 6.45) is 4.57. The topological polar surface area (TPSA) is 63.8 Å². The maximum Gasteiger partial charge on any atom is 0.129 e. The fourth-order valence-electron chi connectivity index (χ4n) is 2.11. The van der Waals surface area contributed by atoms with E-state index in [1.165, 1.54) is 5.56 Å². The Balaban J connectivity index is 1.82. The van der Waals surface area contributed by atoms with E-state index in [1.807, 2.05) is 24.3 Å². The van der Waals surface area contributed by atoms with Crippen LogP contribution >= 0.6 is 0 Å². The van der Waals surface area contributed by atoms with Crippen molar-refractivity contribution in [2.24, 2.45) is 5.73 Å². The molecule has 0 aliphatic heterocycles. The second-order valence-corrected chi connectivity index (χ2v) is 4.88. The summed E-state index contributed by atoms with van der Waals surface area (Å²) >= 11 is 0. The van der Waals surface area contributed by atoms with Crippen LogP contribution < -0.4 is 11.1 Å². The van der Waals surface area contributed by atoms with E-state index in [-0.39, 0.29) is 6.04 Å². The number of hydrogen-bond acceptors (Lipinski definition) is 4. The van der Waals surface area contributed by atoms with E-state index in [4.69, 9.17) is 5.73 Å². The monoisotopic (exact) mass is 270 g/mol. The van der Waals surface area contributed by atoms with Crippen molar-refractivity contribution in [2.75, 3.05) is 11.9 Å². The van der Waals surface area contributed by atoms with Gasteiger partial charge >= 0.3 is 0 Å². The van der Waals surface area contributed by atoms with Crippen LogP contribution in [0.5, 0.6) is 0 Å². The molecule has 20 heavy (non-hydrogen) atoms. The molecule has 4 nitrogen and oxygen atoms in total. The van der Waals surface area contributed by atoms with Crippen molar-refractivity contribution in [3.05, 3.63) is 54.0 Å². The van der Waals surface area contributed by atoms with Gasteiger partial charge in [-0.2, -0.15) is 0 Å². The molecule has 0 aliphatic carbocycles. The minimum atomic E-state index is 0.0562. The summed E-state index contributed by atoms with van der Waals surface area (Å²) in [5, 5.41) is 3.31. The van der Waals surface area contributed by atoms with Gasteiger partial charge in [0.1, 0.15) is 12.1 Å². The van der Waals surface area contributed by atoms with Crippen molar-refractivity contribution in [2.45, 2.75) is 32.2 Å². The highest BCUT2D eigenvalue weighted by molar-refractivity contribution is 5.34. The lowest BCUT2D eigenvalue weighted by Crippen LogP contribution is -2.15. The van der Waals surface area contributed by atoms with Gasteiger partial charge in [-0.3, -0.25) is 0 Å². The lowest BCUT2D eigenvalue weighted by molar-refractivity contribution is 0.674. The number of nitrogens with two attached hydrogens (primary N) is 1. The maximum atomic E-state index is 6.16. The SMILES string of the molecule is CCCc1cc(NCCC(N)c2ccccc2)ncn1. The van der Waals surface area contributed by atoms with E-state index < -0.39 is 0 Å². The van der Waals surface area contributed by atoms with E-state index >= 15 is 0 Å². The van der Waals surface area contributed by atoms with Gasteiger partial charge in [0.15, 0.2) is 0 Å². The Hall–Kier alpha value is -1.94. The number of nitrogens with one attached hydrogen (secondary N) is 1. The molecule has 1 aromatic heterocycles. The Morgan fingerprint density at radius 1 is 1.20 bits per heavy atom. The number of hydrogen-bond donors (Lipinski definition) is 2. The molecule has 1 aromatic carbocycles. The predicted octanol–water partition coefficient (Wildman–Crippen LogP) is 2.93. The molecule has 0 bridgehead atoms. The summed E-state index contributed by atoms with van der Waals surface area (Å²) in [5.41, 5.74) is 8.41. The average molecular weight is 270 g/mol. The van der Waals surface area contributed by atoms with Gasteiger partial charge in [-0.25, -0.2) is 9.97 Å². The van der Waals surface area contributed by atoms with Crippen molar-refractivity contribution in [1.82, 2.24) is 9.97 Å². The molecule has 1 heterocycles. The van der Waals surface area contributed by atoms with Crippen molar-refractivity contribution in [1.29, 1.82) is 0 Å². The van der Waals surface area contributed by atoms with E-state index in [2.05, 4.69) is 34.3 Å². The Morgan fingerprint density at radius 2 is 2.00 bits per heavy atom. The molecular weight excluding hydrogens is 248 g/mol. The first-order chi connectivity index (χ1) is 9.79. The number of nitrogens with zero attached hydrogens (tertiary/aromatic N) is 2. The highest BCUT2D eigenvalue weighted by Gasteiger charge is 2.05. The molecule has 3 N–H and O–H groups in total. The molecule has 0 amide bonds. The number of anilines is 1. The third kappa shape index (κ3) is 4.31. The van der Waals surface area contributed by atoms with E-state index in [9.17, 15) is 0 Å². The first-order valence-electron chi connectivity index (χ1n) is 7.15. The molecule has 0 spiro atoms. The normalized spacial score (nSPS) is 12.1. The molecule has 1 unspecified atom stereocenters. The van der Waals surface area contributed by atoms with Gasteiger partial charge in [0.25, 0.3) is 0 Å². The number of aryl methyl sites for hydroxylation is 1. The zero-order valence-electron chi connectivity index (χ0n) is 11.9. The van der Waals surface area contributed by atoms with Crippen LogP contribution in [-0.4, -0.2) is 16.5 Å². The molecular formula is C16H22N4. The molecule has 0 radical (unpaired) electrons. The fraction of sp³-hybridized carbons (Fsp3) is 0.375. The summed E-state index contributed by atoms with van der Waals surface area (Å²) < 4.78 is 0. The smallest absolute Gasteiger partial charge is 0.129 e. The molecule has 0 saturated heterocycles. The molecule has 2 rings (SSSR count). The van der Waals surface area contributed by atoms with Crippen LogP contribution in [0.3, 0.4) is 0 Å². The summed E-state index contributed by atoms with van der Waals surface area (Å²) in [6, 6.07) is 12.2. The van der Waals surface area contributed by atoms with Crippen LogP contribution in [-0.2, 0) is 6.42 Å². The van der Waals surface area contributed by atoms with Gasteiger partial charge in [-0.15, -0.1) is 0 Å². The Labute approximate surface area is 120 Å². The zero-order chi connectivity index (χ0) is 14.2. The van der Waals surface area contributed by atoms with E-state index in [0.29, 0.717) is 0 Å². The molecule has 0 saturated carbocycles. The summed E-state index contributed by atoms with van der Waals surface area (Å²) in [7, 11) is 0. The second kappa shape index (κ2) is 7.60. The number of rotatable bonds is 7. The van der Waals surface area contributed by atoms with Crippen molar-refractivity contribution in [3.8, 4) is 0 Å². The Morgan fingerprint density at radius 3 is 2.75 bits per heavy atom. The van der Waals surface area contributed by atoms with Crippen LogP contribution in [0, 0.1) is 0 Å². The van der Waals surface area contributed by atoms with Crippen molar-refractivity contribution < 1.29 is 0 Å². The third-order valence-corrected chi connectivity index (χ3v) is 3.22. The van der Waals surface area contributed by atoms with Crippen LogP contribution in [0.4, 0.5) is 5.82 Å². The highest BCUT2D eigenvalue weighted by atomic mass is 15.0. The van der Waals surface area contributed by atoms with E-state index in [0.717, 1.165) is 37.3 Å². The van der Waals surface area contributed by atoms with Gasteiger partial charge in [0, 0.05) is 24.3 Å². The Bertz CT molecular complexity index is 513. The van der Waals surface area contributed by atoms with Crippen molar-refractivity contribution >= 4 is 5.82 Å². The maximum absolute atomic E-state index is 6.16. The minimum Gasteiger partial charge on any atom is -0.370 e.